The van der Waals surface area contributed by atoms with Gasteiger partial charge in [0.1, 0.15) is 5.69 Å². The lowest BCUT2D eigenvalue weighted by Gasteiger charge is -2.12. The average molecular weight is 382 g/mol. The number of hydrogen-bond donors (Lipinski definition) is 2. The highest BCUT2D eigenvalue weighted by molar-refractivity contribution is 6.36. The van der Waals surface area contributed by atoms with Crippen molar-refractivity contribution in [2.24, 2.45) is 5.10 Å². The highest BCUT2D eigenvalue weighted by Gasteiger charge is 2.21. The van der Waals surface area contributed by atoms with Crippen LogP contribution in [-0.4, -0.2) is 41.2 Å². The number of carbonyl (C=O) groups is 2. The van der Waals surface area contributed by atoms with Crippen molar-refractivity contribution in [3.05, 3.63) is 52.5 Å². The zero-order valence-electron chi connectivity index (χ0n) is 12.9. The molecule has 0 bridgehead atoms. The number of aromatic nitrogens is 2. The van der Waals surface area contributed by atoms with Gasteiger partial charge in [-0.2, -0.15) is 5.10 Å². The third-order valence-electron chi connectivity index (χ3n) is 2.88. The molecule has 1 amide bonds. The highest BCUT2D eigenvalue weighted by atomic mass is 35.5. The average Bonchev–Trinajstić information content (AvgIpc) is 2.62. The first-order valence-corrected chi connectivity index (χ1v) is 7.66. The SMILES string of the molecule is COC(=O)C(/C=N/Nc1ccc(Cl)cc1Cl)NC(=O)c1cnccn1. The lowest BCUT2D eigenvalue weighted by Crippen LogP contribution is -2.43. The molecule has 2 rings (SSSR count). The third kappa shape index (κ3) is 5.40. The van der Waals surface area contributed by atoms with Gasteiger partial charge in [0.15, 0.2) is 6.04 Å². The van der Waals surface area contributed by atoms with Crippen molar-refractivity contribution in [2.45, 2.75) is 6.04 Å². The molecule has 10 heteroatoms. The van der Waals surface area contributed by atoms with E-state index in [0.29, 0.717) is 15.7 Å². The minimum absolute atomic E-state index is 0.0542. The van der Waals surface area contributed by atoms with Crippen LogP contribution < -0.4 is 10.7 Å². The van der Waals surface area contributed by atoms with Crippen LogP contribution in [0.3, 0.4) is 0 Å². The molecule has 1 aromatic carbocycles. The van der Waals surface area contributed by atoms with Crippen molar-refractivity contribution in [3.63, 3.8) is 0 Å². The number of amides is 1. The number of benzene rings is 1. The molecule has 2 aromatic rings. The van der Waals surface area contributed by atoms with Gasteiger partial charge >= 0.3 is 5.97 Å². The van der Waals surface area contributed by atoms with Crippen molar-refractivity contribution >= 4 is 47.0 Å². The van der Waals surface area contributed by atoms with Gasteiger partial charge in [-0.15, -0.1) is 0 Å². The predicted octanol–water partition coefficient (Wildman–Crippen LogP) is 2.15. The molecule has 1 heterocycles. The molecular formula is C15H13Cl2N5O3. The number of ether oxygens (including phenoxy) is 1. The Hall–Kier alpha value is -2.71. The Morgan fingerprint density at radius 2 is 2.12 bits per heavy atom. The van der Waals surface area contributed by atoms with E-state index in [1.807, 2.05) is 0 Å². The Bertz CT molecular complexity index is 786. The molecule has 130 valence electrons. The maximum atomic E-state index is 12.1. The minimum Gasteiger partial charge on any atom is -0.467 e. The van der Waals surface area contributed by atoms with E-state index in [1.54, 1.807) is 12.1 Å². The van der Waals surface area contributed by atoms with Gasteiger partial charge in [-0.25, -0.2) is 9.78 Å². The number of nitrogens with one attached hydrogen (secondary N) is 2. The largest absolute Gasteiger partial charge is 0.467 e. The molecule has 8 nitrogen and oxygen atoms in total. The van der Waals surface area contributed by atoms with E-state index in [0.717, 1.165) is 0 Å². The van der Waals surface area contributed by atoms with E-state index in [-0.39, 0.29) is 5.69 Å². The summed E-state index contributed by atoms with van der Waals surface area (Å²) in [5.74, 6) is -1.30. The standard InChI is InChI=1S/C15H13Cl2N5O3/c1-25-15(24)13(21-14(23)12-7-18-4-5-19-12)8-20-22-11-3-2-9(16)6-10(11)17/h2-8,13,22H,1H3,(H,21,23)/b20-8+. The molecule has 0 radical (unpaired) electrons. The Morgan fingerprint density at radius 3 is 2.76 bits per heavy atom. The van der Waals surface area contributed by atoms with Crippen molar-refractivity contribution in [1.82, 2.24) is 15.3 Å². The molecular weight excluding hydrogens is 369 g/mol. The molecule has 25 heavy (non-hydrogen) atoms. The first-order chi connectivity index (χ1) is 12.0. The number of nitrogens with zero attached hydrogens (tertiary/aromatic N) is 3. The van der Waals surface area contributed by atoms with E-state index in [9.17, 15) is 9.59 Å². The van der Waals surface area contributed by atoms with Crippen molar-refractivity contribution in [3.8, 4) is 0 Å². The number of esters is 1. The van der Waals surface area contributed by atoms with E-state index < -0.39 is 17.9 Å². The maximum absolute atomic E-state index is 12.1. The molecule has 1 atom stereocenters. The fraction of sp³-hybridized carbons (Fsp3) is 0.133. The Labute approximate surface area is 153 Å². The fourth-order valence-electron chi connectivity index (χ4n) is 1.68. The summed E-state index contributed by atoms with van der Waals surface area (Å²) >= 11 is 11.8. The van der Waals surface area contributed by atoms with E-state index in [2.05, 4.69) is 30.5 Å². The molecule has 0 aliphatic rings. The summed E-state index contributed by atoms with van der Waals surface area (Å²) in [5.41, 5.74) is 3.19. The van der Waals surface area contributed by atoms with Gasteiger partial charge in [0, 0.05) is 17.4 Å². The third-order valence-corrected chi connectivity index (χ3v) is 3.43. The van der Waals surface area contributed by atoms with Gasteiger partial charge in [-0.05, 0) is 18.2 Å². The van der Waals surface area contributed by atoms with Crippen LogP contribution in [0.1, 0.15) is 10.5 Å². The van der Waals surface area contributed by atoms with Crippen molar-refractivity contribution < 1.29 is 14.3 Å². The van der Waals surface area contributed by atoms with Crippen LogP contribution in [0.15, 0.2) is 41.9 Å². The van der Waals surface area contributed by atoms with Crippen LogP contribution in [0.4, 0.5) is 5.69 Å². The summed E-state index contributed by atoms with van der Waals surface area (Å²) in [6, 6.07) is 3.65. The fourth-order valence-corrected chi connectivity index (χ4v) is 2.13. The second kappa shape index (κ2) is 8.95. The molecule has 2 N–H and O–H groups in total. The topological polar surface area (TPSA) is 106 Å². The number of rotatable bonds is 6. The number of halogens is 2. The predicted molar refractivity (Wildman–Crippen MR) is 93.9 cm³/mol. The van der Waals surface area contributed by atoms with E-state index in [4.69, 9.17) is 23.2 Å². The van der Waals surface area contributed by atoms with Crippen LogP contribution in [0.5, 0.6) is 0 Å². The number of anilines is 1. The molecule has 0 saturated heterocycles. The monoisotopic (exact) mass is 381 g/mol. The van der Waals surface area contributed by atoms with Crippen LogP contribution >= 0.6 is 23.2 Å². The summed E-state index contributed by atoms with van der Waals surface area (Å²) in [7, 11) is 1.20. The van der Waals surface area contributed by atoms with Gasteiger partial charge < -0.3 is 10.1 Å². The summed E-state index contributed by atoms with van der Waals surface area (Å²) < 4.78 is 4.64. The Morgan fingerprint density at radius 1 is 1.32 bits per heavy atom. The second-order valence-corrected chi connectivity index (χ2v) is 5.42. The van der Waals surface area contributed by atoms with Crippen LogP contribution in [0.25, 0.3) is 0 Å². The number of carbonyl (C=O) groups excluding carboxylic acids is 2. The lowest BCUT2D eigenvalue weighted by molar-refractivity contribution is -0.140. The number of hydrazone groups is 1. The highest BCUT2D eigenvalue weighted by Crippen LogP contribution is 2.25. The smallest absolute Gasteiger partial charge is 0.334 e. The van der Waals surface area contributed by atoms with Crippen LogP contribution in [-0.2, 0) is 9.53 Å². The van der Waals surface area contributed by atoms with Gasteiger partial charge in [-0.3, -0.25) is 15.2 Å². The zero-order chi connectivity index (χ0) is 18.2. The molecule has 0 spiro atoms. The van der Waals surface area contributed by atoms with Gasteiger partial charge in [0.25, 0.3) is 5.91 Å². The summed E-state index contributed by atoms with van der Waals surface area (Å²) in [4.78, 5) is 31.5. The van der Waals surface area contributed by atoms with E-state index >= 15 is 0 Å². The Balaban J connectivity index is 2.07. The molecule has 0 aliphatic carbocycles. The van der Waals surface area contributed by atoms with Crippen LogP contribution in [0.2, 0.25) is 10.0 Å². The summed E-state index contributed by atoms with van der Waals surface area (Å²) in [6.45, 7) is 0. The number of methoxy groups -OCH3 is 1. The zero-order valence-corrected chi connectivity index (χ0v) is 14.5. The van der Waals surface area contributed by atoms with Crippen molar-refractivity contribution in [2.75, 3.05) is 12.5 Å². The first kappa shape index (κ1) is 18.6. The van der Waals surface area contributed by atoms with Crippen molar-refractivity contribution in [1.29, 1.82) is 0 Å². The number of hydrogen-bond acceptors (Lipinski definition) is 7. The van der Waals surface area contributed by atoms with Crippen LogP contribution in [0, 0.1) is 0 Å². The molecule has 0 fully saturated rings. The Kier molecular flexibility index (Phi) is 6.67. The van der Waals surface area contributed by atoms with Gasteiger partial charge in [0.2, 0.25) is 0 Å². The summed E-state index contributed by atoms with van der Waals surface area (Å²) in [5, 5.41) is 7.15. The minimum atomic E-state index is -1.13. The lowest BCUT2D eigenvalue weighted by atomic mass is 10.3. The van der Waals surface area contributed by atoms with Gasteiger partial charge in [0.05, 0.1) is 30.2 Å². The second-order valence-electron chi connectivity index (χ2n) is 4.58. The molecule has 0 saturated carbocycles. The molecule has 1 aromatic heterocycles. The summed E-state index contributed by atoms with van der Waals surface area (Å²) in [6.07, 6.45) is 5.23. The maximum Gasteiger partial charge on any atom is 0.334 e. The quantitative estimate of drug-likeness (QED) is 0.451. The van der Waals surface area contributed by atoms with E-state index in [1.165, 1.54) is 38.0 Å². The normalized spacial score (nSPS) is 11.8. The van der Waals surface area contributed by atoms with Gasteiger partial charge in [-0.1, -0.05) is 23.2 Å². The molecule has 1 unspecified atom stereocenters. The molecule has 0 aliphatic heterocycles. The first-order valence-electron chi connectivity index (χ1n) is 6.90.